The van der Waals surface area contributed by atoms with Gasteiger partial charge in [0.15, 0.2) is 0 Å². The van der Waals surface area contributed by atoms with Crippen molar-refractivity contribution in [3.8, 4) is 5.75 Å². The van der Waals surface area contributed by atoms with Crippen molar-refractivity contribution in [3.63, 3.8) is 0 Å². The molecule has 0 saturated carbocycles. The van der Waals surface area contributed by atoms with E-state index in [4.69, 9.17) is 14.6 Å². The van der Waals surface area contributed by atoms with Crippen LogP contribution in [0.3, 0.4) is 0 Å². The third-order valence-electron chi connectivity index (χ3n) is 4.52. The van der Waals surface area contributed by atoms with Crippen LogP contribution >= 0.6 is 0 Å². The summed E-state index contributed by atoms with van der Waals surface area (Å²) in [5.41, 5.74) is 1.95. The minimum atomic E-state index is -5.08. The molecule has 2 aliphatic heterocycles. The molecule has 1 aromatic rings. The van der Waals surface area contributed by atoms with E-state index in [1.165, 1.54) is 0 Å². The molecule has 0 bridgehead atoms. The normalized spacial score (nSPS) is 18.2. The minimum Gasteiger partial charge on any atom is -0.497 e. The van der Waals surface area contributed by atoms with Gasteiger partial charge in [0, 0.05) is 18.2 Å². The summed E-state index contributed by atoms with van der Waals surface area (Å²) < 4.78 is 36.9. The summed E-state index contributed by atoms with van der Waals surface area (Å²) in [6.45, 7) is 2.91. The number of carbonyl (C=O) groups excluding carboxylic acids is 1. The molecule has 1 fully saturated rings. The van der Waals surface area contributed by atoms with Gasteiger partial charge in [-0.25, -0.2) is 4.79 Å². The van der Waals surface area contributed by atoms with Crippen molar-refractivity contribution in [3.05, 3.63) is 29.3 Å². The highest BCUT2D eigenvalue weighted by atomic mass is 19.4. The first-order chi connectivity index (χ1) is 12.1. The third-order valence-corrected chi connectivity index (χ3v) is 4.52. The molecule has 6 nitrogen and oxygen atoms in total. The number of methoxy groups -OCH3 is 1. The summed E-state index contributed by atoms with van der Waals surface area (Å²) in [6.07, 6.45) is -2.93. The number of fused-ring (bicyclic) bond motifs is 1. The third kappa shape index (κ3) is 4.66. The number of benzene rings is 1. The lowest BCUT2D eigenvalue weighted by Gasteiger charge is -2.34. The Hall–Kier alpha value is -2.29. The lowest BCUT2D eigenvalue weighted by atomic mass is 10.0. The average Bonchev–Trinajstić information content (AvgIpc) is 2.91. The Bertz CT molecular complexity index is 670. The van der Waals surface area contributed by atoms with E-state index in [0.29, 0.717) is 6.04 Å². The Morgan fingerprint density at radius 3 is 2.35 bits per heavy atom. The zero-order chi connectivity index (χ0) is 19.5. The SMILES string of the molecule is COc1ccc2c(c1)C(=O)N(C1CCN(C)CC1)C2.O=C(O)C(F)(F)F. The van der Waals surface area contributed by atoms with Crippen LogP contribution in [0.25, 0.3) is 0 Å². The van der Waals surface area contributed by atoms with E-state index in [1.54, 1.807) is 7.11 Å². The first kappa shape index (κ1) is 20.0. The van der Waals surface area contributed by atoms with Gasteiger partial charge < -0.3 is 19.6 Å². The van der Waals surface area contributed by atoms with Crippen molar-refractivity contribution in [2.24, 2.45) is 0 Å². The van der Waals surface area contributed by atoms with Crippen LogP contribution in [0.15, 0.2) is 18.2 Å². The number of nitrogens with zero attached hydrogens (tertiary/aromatic N) is 2. The predicted octanol–water partition coefficient (Wildman–Crippen LogP) is 2.38. The standard InChI is InChI=1S/C15H20N2O2.C2HF3O2/c1-16-7-5-12(6-8-16)17-10-11-3-4-13(19-2)9-14(11)15(17)18;3-2(4,5)1(6)7/h3-4,9,12H,5-8,10H2,1-2H3;(H,6,7). The molecule has 1 saturated heterocycles. The molecule has 0 aromatic heterocycles. The number of halogens is 3. The van der Waals surface area contributed by atoms with Crippen molar-refractivity contribution in [1.29, 1.82) is 0 Å². The van der Waals surface area contributed by atoms with Gasteiger partial charge in [-0.1, -0.05) is 6.07 Å². The minimum absolute atomic E-state index is 0.170. The molecule has 1 N–H and O–H groups in total. The number of carbonyl (C=O) groups is 2. The van der Waals surface area contributed by atoms with Gasteiger partial charge in [-0.05, 0) is 50.7 Å². The van der Waals surface area contributed by atoms with Gasteiger partial charge in [-0.15, -0.1) is 0 Å². The summed E-state index contributed by atoms with van der Waals surface area (Å²) in [7, 11) is 3.78. The summed E-state index contributed by atoms with van der Waals surface area (Å²) >= 11 is 0. The summed E-state index contributed by atoms with van der Waals surface area (Å²) in [6, 6.07) is 6.21. The van der Waals surface area contributed by atoms with Crippen molar-refractivity contribution in [1.82, 2.24) is 9.80 Å². The van der Waals surface area contributed by atoms with E-state index in [1.807, 2.05) is 23.1 Å². The summed E-state index contributed by atoms with van der Waals surface area (Å²) in [4.78, 5) is 25.8. The molecule has 2 heterocycles. The number of aliphatic carboxylic acids is 1. The van der Waals surface area contributed by atoms with Gasteiger partial charge in [-0.3, -0.25) is 4.79 Å². The monoisotopic (exact) mass is 374 g/mol. The van der Waals surface area contributed by atoms with E-state index in [-0.39, 0.29) is 5.91 Å². The highest BCUT2D eigenvalue weighted by Crippen LogP contribution is 2.30. The number of alkyl halides is 3. The first-order valence-corrected chi connectivity index (χ1v) is 8.10. The second-order valence-electron chi connectivity index (χ2n) is 6.29. The van der Waals surface area contributed by atoms with Crippen molar-refractivity contribution < 1.29 is 32.6 Å². The van der Waals surface area contributed by atoms with Crippen LogP contribution in [-0.4, -0.2) is 66.2 Å². The molecule has 9 heteroatoms. The zero-order valence-corrected chi connectivity index (χ0v) is 14.5. The molecule has 0 aliphatic carbocycles. The maximum absolute atomic E-state index is 12.5. The smallest absolute Gasteiger partial charge is 0.490 e. The number of hydrogen-bond donors (Lipinski definition) is 1. The summed E-state index contributed by atoms with van der Waals surface area (Å²) in [5.74, 6) is -1.83. The Labute approximate surface area is 149 Å². The fourth-order valence-corrected chi connectivity index (χ4v) is 3.03. The maximum atomic E-state index is 12.5. The van der Waals surface area contributed by atoms with Gasteiger partial charge >= 0.3 is 12.1 Å². The van der Waals surface area contributed by atoms with Crippen LogP contribution in [0.2, 0.25) is 0 Å². The second kappa shape index (κ2) is 7.94. The quantitative estimate of drug-likeness (QED) is 0.861. The van der Waals surface area contributed by atoms with E-state index in [0.717, 1.165) is 49.4 Å². The van der Waals surface area contributed by atoms with Crippen LogP contribution in [0.5, 0.6) is 5.75 Å². The number of carboxylic acid groups (broad SMARTS) is 1. The highest BCUT2D eigenvalue weighted by Gasteiger charge is 2.38. The fourth-order valence-electron chi connectivity index (χ4n) is 3.03. The van der Waals surface area contributed by atoms with Gasteiger partial charge in [0.25, 0.3) is 5.91 Å². The number of amides is 1. The summed E-state index contributed by atoms with van der Waals surface area (Å²) in [5, 5.41) is 7.12. The molecule has 144 valence electrons. The molecule has 0 spiro atoms. The number of likely N-dealkylation sites (tertiary alicyclic amines) is 1. The van der Waals surface area contributed by atoms with Crippen molar-refractivity contribution in [2.75, 3.05) is 27.2 Å². The number of rotatable bonds is 2. The topological polar surface area (TPSA) is 70.1 Å². The molecule has 0 atom stereocenters. The molecule has 0 radical (unpaired) electrons. The van der Waals surface area contributed by atoms with Crippen molar-refractivity contribution >= 4 is 11.9 Å². The van der Waals surface area contributed by atoms with E-state index < -0.39 is 12.1 Å². The number of hydrogen-bond acceptors (Lipinski definition) is 4. The molecular formula is C17H21F3N2O4. The van der Waals surface area contributed by atoms with E-state index >= 15 is 0 Å². The van der Waals surface area contributed by atoms with Gasteiger partial charge in [0.2, 0.25) is 0 Å². The van der Waals surface area contributed by atoms with Gasteiger partial charge in [0.1, 0.15) is 5.75 Å². The Morgan fingerprint density at radius 1 is 1.27 bits per heavy atom. The molecule has 0 unspecified atom stereocenters. The van der Waals surface area contributed by atoms with Crippen LogP contribution in [0.4, 0.5) is 13.2 Å². The Kier molecular flexibility index (Phi) is 6.12. The molecule has 2 aliphatic rings. The average molecular weight is 374 g/mol. The van der Waals surface area contributed by atoms with Gasteiger partial charge in [0.05, 0.1) is 7.11 Å². The maximum Gasteiger partial charge on any atom is 0.490 e. The number of piperidine rings is 1. The van der Waals surface area contributed by atoms with Crippen LogP contribution in [0.1, 0.15) is 28.8 Å². The van der Waals surface area contributed by atoms with Gasteiger partial charge in [-0.2, -0.15) is 13.2 Å². The fraction of sp³-hybridized carbons (Fsp3) is 0.529. The van der Waals surface area contributed by atoms with E-state index in [9.17, 15) is 18.0 Å². The lowest BCUT2D eigenvalue weighted by molar-refractivity contribution is -0.192. The molecule has 3 rings (SSSR count). The van der Waals surface area contributed by atoms with Crippen LogP contribution < -0.4 is 4.74 Å². The molecule has 26 heavy (non-hydrogen) atoms. The number of carboxylic acids is 1. The Morgan fingerprint density at radius 2 is 1.85 bits per heavy atom. The first-order valence-electron chi connectivity index (χ1n) is 8.10. The van der Waals surface area contributed by atoms with E-state index in [2.05, 4.69) is 11.9 Å². The molecule has 1 aromatic carbocycles. The Balaban J connectivity index is 0.000000298. The van der Waals surface area contributed by atoms with Crippen molar-refractivity contribution in [2.45, 2.75) is 31.6 Å². The molecular weight excluding hydrogens is 353 g/mol. The largest absolute Gasteiger partial charge is 0.497 e. The predicted molar refractivity (Wildman–Crippen MR) is 87.1 cm³/mol. The second-order valence-corrected chi connectivity index (χ2v) is 6.29. The number of ether oxygens (including phenoxy) is 1. The lowest BCUT2D eigenvalue weighted by Crippen LogP contribution is -2.43. The van der Waals surface area contributed by atoms with Crippen LogP contribution in [-0.2, 0) is 11.3 Å². The van der Waals surface area contributed by atoms with Crippen LogP contribution in [0, 0.1) is 0 Å². The zero-order valence-electron chi connectivity index (χ0n) is 14.5. The molecule has 1 amide bonds. The highest BCUT2D eigenvalue weighted by molar-refractivity contribution is 5.99.